The van der Waals surface area contributed by atoms with E-state index in [1.807, 2.05) is 30.1 Å². The van der Waals surface area contributed by atoms with Gasteiger partial charge in [0.2, 0.25) is 5.91 Å². The quantitative estimate of drug-likeness (QED) is 0.888. The Bertz CT molecular complexity index is 636. The van der Waals surface area contributed by atoms with E-state index in [-0.39, 0.29) is 24.4 Å². The number of rotatable bonds is 5. The molecule has 1 aliphatic carbocycles. The van der Waals surface area contributed by atoms with Gasteiger partial charge in [0.25, 0.3) is 5.91 Å². The molecule has 0 unspecified atom stereocenters. The van der Waals surface area contributed by atoms with Crippen LogP contribution in [0.1, 0.15) is 47.7 Å². The van der Waals surface area contributed by atoms with Gasteiger partial charge in [0.1, 0.15) is 0 Å². The monoisotopic (exact) mass is 343 g/mol. The summed E-state index contributed by atoms with van der Waals surface area (Å²) in [5.74, 6) is -0.165. The van der Waals surface area contributed by atoms with Crippen LogP contribution in [0, 0.1) is 0 Å². The highest BCUT2D eigenvalue weighted by molar-refractivity contribution is 5.96. The summed E-state index contributed by atoms with van der Waals surface area (Å²) in [6, 6.07) is 6.18. The lowest BCUT2D eigenvalue weighted by Gasteiger charge is -2.36. The zero-order valence-electron chi connectivity index (χ0n) is 15.4. The molecule has 1 aliphatic heterocycles. The minimum Gasteiger partial charge on any atom is -0.343 e. The normalized spacial score (nSPS) is 18.0. The van der Waals surface area contributed by atoms with Crippen LogP contribution in [0.3, 0.4) is 0 Å². The Kier molecular flexibility index (Phi) is 5.74. The van der Waals surface area contributed by atoms with Gasteiger partial charge in [-0.3, -0.25) is 9.59 Å². The molecule has 1 fully saturated rings. The van der Waals surface area contributed by atoms with E-state index in [1.54, 1.807) is 0 Å². The predicted molar refractivity (Wildman–Crippen MR) is 98.7 cm³/mol. The largest absolute Gasteiger partial charge is 0.343 e. The molecule has 0 saturated carbocycles. The zero-order valence-corrected chi connectivity index (χ0v) is 15.4. The van der Waals surface area contributed by atoms with E-state index in [0.717, 1.165) is 45.3 Å². The topological polar surface area (TPSA) is 52.6 Å². The Morgan fingerprint density at radius 2 is 1.92 bits per heavy atom. The highest BCUT2D eigenvalue weighted by Crippen LogP contribution is 2.22. The third kappa shape index (κ3) is 4.21. The molecule has 1 N–H and O–H groups in total. The lowest BCUT2D eigenvalue weighted by atomic mass is 10.0. The van der Waals surface area contributed by atoms with Crippen molar-refractivity contribution in [2.24, 2.45) is 0 Å². The van der Waals surface area contributed by atoms with Gasteiger partial charge < -0.3 is 15.1 Å². The minimum absolute atomic E-state index is 0.00976. The van der Waals surface area contributed by atoms with Crippen molar-refractivity contribution >= 4 is 11.8 Å². The number of aryl methyl sites for hydroxylation is 2. The van der Waals surface area contributed by atoms with Crippen LogP contribution in [0.25, 0.3) is 0 Å². The van der Waals surface area contributed by atoms with E-state index in [4.69, 9.17) is 0 Å². The maximum atomic E-state index is 12.4. The summed E-state index contributed by atoms with van der Waals surface area (Å²) in [5.41, 5.74) is 3.29. The van der Waals surface area contributed by atoms with Crippen LogP contribution in [0.2, 0.25) is 0 Å². The molecule has 2 amide bonds. The molecule has 136 valence electrons. The van der Waals surface area contributed by atoms with Crippen LogP contribution in [-0.2, 0) is 17.6 Å². The van der Waals surface area contributed by atoms with E-state index in [9.17, 15) is 9.59 Å². The van der Waals surface area contributed by atoms with E-state index >= 15 is 0 Å². The summed E-state index contributed by atoms with van der Waals surface area (Å²) in [6.45, 7) is 5.39. The molecule has 3 rings (SSSR count). The number of piperidine rings is 1. The molecule has 1 aromatic carbocycles. The maximum absolute atomic E-state index is 12.4. The SMILES string of the molecule is CCN1CCC(N(C)C(=O)CNC(=O)c2ccc3c(c2)CCC3)CC1. The standard InChI is InChI=1S/C20H29N3O2/c1-3-23-11-9-18(10-12-23)22(2)19(24)14-21-20(25)17-8-7-15-5-4-6-16(15)13-17/h7-8,13,18H,3-6,9-12,14H2,1-2H3,(H,21,25). The molecule has 0 aromatic heterocycles. The summed E-state index contributed by atoms with van der Waals surface area (Å²) in [7, 11) is 1.86. The number of likely N-dealkylation sites (tertiary alicyclic amines) is 1. The number of carbonyl (C=O) groups excluding carboxylic acids is 2. The number of nitrogens with one attached hydrogen (secondary N) is 1. The highest BCUT2D eigenvalue weighted by Gasteiger charge is 2.25. The molecule has 0 bridgehead atoms. The average Bonchev–Trinajstić information content (AvgIpc) is 3.13. The minimum atomic E-state index is -0.155. The molecular formula is C20H29N3O2. The maximum Gasteiger partial charge on any atom is 0.251 e. The second-order valence-corrected chi connectivity index (χ2v) is 7.19. The Hall–Kier alpha value is -1.88. The number of benzene rings is 1. The van der Waals surface area contributed by atoms with Crippen molar-refractivity contribution in [2.45, 2.75) is 45.1 Å². The fraction of sp³-hybridized carbons (Fsp3) is 0.600. The van der Waals surface area contributed by atoms with Crippen molar-refractivity contribution < 1.29 is 9.59 Å². The number of hydrogen-bond donors (Lipinski definition) is 1. The van der Waals surface area contributed by atoms with E-state index in [2.05, 4.69) is 17.1 Å². The van der Waals surface area contributed by atoms with Crippen molar-refractivity contribution in [1.29, 1.82) is 0 Å². The summed E-state index contributed by atoms with van der Waals surface area (Å²) in [6.07, 6.45) is 5.34. The van der Waals surface area contributed by atoms with E-state index in [1.165, 1.54) is 17.5 Å². The van der Waals surface area contributed by atoms with Gasteiger partial charge in [-0.15, -0.1) is 0 Å². The molecule has 25 heavy (non-hydrogen) atoms. The molecular weight excluding hydrogens is 314 g/mol. The van der Waals surface area contributed by atoms with Gasteiger partial charge >= 0.3 is 0 Å². The third-order valence-electron chi connectivity index (χ3n) is 5.71. The summed E-state index contributed by atoms with van der Waals surface area (Å²) in [4.78, 5) is 29.0. The predicted octanol–water partition coefficient (Wildman–Crippen LogP) is 1.85. The Balaban J connectivity index is 1.49. The number of nitrogens with zero attached hydrogens (tertiary/aromatic N) is 2. The third-order valence-corrected chi connectivity index (χ3v) is 5.71. The van der Waals surface area contributed by atoms with Crippen molar-refractivity contribution in [3.63, 3.8) is 0 Å². The summed E-state index contributed by atoms with van der Waals surface area (Å²) >= 11 is 0. The van der Waals surface area contributed by atoms with Crippen molar-refractivity contribution in [3.05, 3.63) is 34.9 Å². The first-order valence-corrected chi connectivity index (χ1v) is 9.46. The van der Waals surface area contributed by atoms with Crippen LogP contribution in [-0.4, -0.2) is 60.9 Å². The number of fused-ring (bicyclic) bond motifs is 1. The molecule has 2 aliphatic rings. The van der Waals surface area contributed by atoms with Crippen molar-refractivity contribution in [1.82, 2.24) is 15.1 Å². The van der Waals surface area contributed by atoms with Gasteiger partial charge in [0, 0.05) is 31.7 Å². The first kappa shape index (κ1) is 17.9. The van der Waals surface area contributed by atoms with Gasteiger partial charge in [0.15, 0.2) is 0 Å². The number of hydrogen-bond acceptors (Lipinski definition) is 3. The van der Waals surface area contributed by atoms with Gasteiger partial charge in [-0.1, -0.05) is 13.0 Å². The van der Waals surface area contributed by atoms with Crippen molar-refractivity contribution in [3.8, 4) is 0 Å². The van der Waals surface area contributed by atoms with Crippen molar-refractivity contribution in [2.75, 3.05) is 33.2 Å². The molecule has 1 saturated heterocycles. The fourth-order valence-electron chi connectivity index (χ4n) is 3.92. The number of carbonyl (C=O) groups is 2. The van der Waals surface area contributed by atoms with E-state index < -0.39 is 0 Å². The summed E-state index contributed by atoms with van der Waals surface area (Å²) < 4.78 is 0. The zero-order chi connectivity index (χ0) is 17.8. The molecule has 0 atom stereocenters. The van der Waals surface area contributed by atoms with Crippen LogP contribution < -0.4 is 5.32 Å². The van der Waals surface area contributed by atoms with Gasteiger partial charge in [-0.2, -0.15) is 0 Å². The Morgan fingerprint density at radius 1 is 1.20 bits per heavy atom. The first-order valence-electron chi connectivity index (χ1n) is 9.46. The lowest BCUT2D eigenvalue weighted by Crippen LogP contribution is -2.48. The van der Waals surface area contributed by atoms with Crippen LogP contribution in [0.15, 0.2) is 18.2 Å². The molecule has 5 heteroatoms. The van der Waals surface area contributed by atoms with Crippen LogP contribution in [0.5, 0.6) is 0 Å². The van der Waals surface area contributed by atoms with Gasteiger partial charge in [-0.25, -0.2) is 0 Å². The van der Waals surface area contributed by atoms with Crippen LogP contribution >= 0.6 is 0 Å². The average molecular weight is 343 g/mol. The second-order valence-electron chi connectivity index (χ2n) is 7.19. The van der Waals surface area contributed by atoms with E-state index in [0.29, 0.717) is 5.56 Å². The lowest BCUT2D eigenvalue weighted by molar-refractivity contribution is -0.131. The molecule has 1 aromatic rings. The summed E-state index contributed by atoms with van der Waals surface area (Å²) in [5, 5.41) is 2.79. The first-order chi connectivity index (χ1) is 12.1. The van der Waals surface area contributed by atoms with Gasteiger partial charge in [0.05, 0.1) is 6.54 Å². The molecule has 0 radical (unpaired) electrons. The Morgan fingerprint density at radius 3 is 2.64 bits per heavy atom. The Labute approximate surface area is 150 Å². The second kappa shape index (κ2) is 8.00. The number of likely N-dealkylation sites (N-methyl/N-ethyl adjacent to an activating group) is 1. The highest BCUT2D eigenvalue weighted by atomic mass is 16.2. The van der Waals surface area contributed by atoms with Gasteiger partial charge in [-0.05, 0) is 61.9 Å². The molecule has 5 nitrogen and oxygen atoms in total. The fourth-order valence-corrected chi connectivity index (χ4v) is 3.92. The van der Waals surface area contributed by atoms with Crippen LogP contribution in [0.4, 0.5) is 0 Å². The number of amides is 2. The smallest absolute Gasteiger partial charge is 0.251 e. The molecule has 0 spiro atoms. The molecule has 1 heterocycles.